The molecule has 0 bridgehead atoms. The van der Waals surface area contributed by atoms with E-state index in [4.69, 9.17) is 23.2 Å². The smallest absolute Gasteiger partial charge is 0.319 e. The summed E-state index contributed by atoms with van der Waals surface area (Å²) in [5.41, 5.74) is 2.33. The topological polar surface area (TPSA) is 73.5 Å². The van der Waals surface area contributed by atoms with Gasteiger partial charge in [0, 0.05) is 12.2 Å². The first-order valence-corrected chi connectivity index (χ1v) is 8.96. The maximum Gasteiger partial charge on any atom is 0.319 e. The van der Waals surface area contributed by atoms with E-state index in [-0.39, 0.29) is 24.0 Å². The molecule has 0 saturated carbocycles. The van der Waals surface area contributed by atoms with E-state index in [1.54, 1.807) is 18.2 Å². The van der Waals surface area contributed by atoms with E-state index in [1.165, 1.54) is 0 Å². The van der Waals surface area contributed by atoms with E-state index in [2.05, 4.69) is 16.0 Å². The molecule has 1 saturated heterocycles. The van der Waals surface area contributed by atoms with E-state index in [0.717, 1.165) is 11.4 Å². The highest BCUT2D eigenvalue weighted by Gasteiger charge is 2.41. The molecule has 26 heavy (non-hydrogen) atoms. The predicted molar refractivity (Wildman–Crippen MR) is 103 cm³/mol. The second-order valence-electron chi connectivity index (χ2n) is 6.33. The number of nitrogens with one attached hydrogen (secondary N) is 3. The summed E-state index contributed by atoms with van der Waals surface area (Å²) < 4.78 is 0. The zero-order valence-corrected chi connectivity index (χ0v) is 15.1. The standard InChI is InChI=1S/C18H16Cl2N4O2/c19-12-6-5-10(7-13(12)20)21-18(26)22-11-8-16-17(25)23-14-3-1-2-4-15(14)24(16)9-11/h1-7,11,16H,8-9H2,(H,23,25)(H2,21,22,26). The minimum atomic E-state index is -0.345. The van der Waals surface area contributed by atoms with Crippen LogP contribution in [-0.4, -0.2) is 30.6 Å². The molecular formula is C18H16Cl2N4O2. The number of para-hydroxylation sites is 2. The summed E-state index contributed by atoms with van der Waals surface area (Å²) in [6.45, 7) is 0.573. The predicted octanol–water partition coefficient (Wildman–Crippen LogP) is 3.71. The van der Waals surface area contributed by atoms with Gasteiger partial charge >= 0.3 is 6.03 Å². The van der Waals surface area contributed by atoms with Crippen LogP contribution >= 0.6 is 23.2 Å². The third-order valence-corrected chi connectivity index (χ3v) is 5.33. The Balaban J connectivity index is 1.43. The number of benzene rings is 2. The molecule has 134 valence electrons. The molecule has 4 rings (SSSR count). The minimum absolute atomic E-state index is 0.0436. The Kier molecular flexibility index (Phi) is 4.38. The number of hydrogen-bond donors (Lipinski definition) is 3. The van der Waals surface area contributed by atoms with Gasteiger partial charge in [0.05, 0.1) is 27.5 Å². The van der Waals surface area contributed by atoms with Crippen molar-refractivity contribution >= 4 is 52.2 Å². The number of urea groups is 1. The highest BCUT2D eigenvalue weighted by Crippen LogP contribution is 2.36. The van der Waals surface area contributed by atoms with Gasteiger partial charge in [-0.2, -0.15) is 0 Å². The van der Waals surface area contributed by atoms with Gasteiger partial charge in [0.1, 0.15) is 6.04 Å². The number of anilines is 3. The van der Waals surface area contributed by atoms with Gasteiger partial charge in [-0.05, 0) is 36.8 Å². The molecule has 2 aliphatic rings. The van der Waals surface area contributed by atoms with E-state index in [0.29, 0.717) is 28.7 Å². The van der Waals surface area contributed by atoms with Crippen LogP contribution in [0.4, 0.5) is 21.9 Å². The fraction of sp³-hybridized carbons (Fsp3) is 0.222. The van der Waals surface area contributed by atoms with Crippen molar-refractivity contribution in [3.8, 4) is 0 Å². The molecule has 6 nitrogen and oxygen atoms in total. The van der Waals surface area contributed by atoms with Crippen molar-refractivity contribution in [3.63, 3.8) is 0 Å². The molecule has 3 amide bonds. The number of hydrogen-bond acceptors (Lipinski definition) is 3. The summed E-state index contributed by atoms with van der Waals surface area (Å²) in [5.74, 6) is -0.0436. The molecule has 2 heterocycles. The third kappa shape index (κ3) is 3.18. The first-order valence-electron chi connectivity index (χ1n) is 8.20. The Morgan fingerprint density at radius 2 is 1.96 bits per heavy atom. The molecule has 2 atom stereocenters. The molecule has 0 aromatic heterocycles. The molecule has 2 unspecified atom stereocenters. The Bertz CT molecular complexity index is 889. The molecule has 0 radical (unpaired) electrons. The number of amides is 3. The Labute approximate surface area is 160 Å². The van der Waals surface area contributed by atoms with Gasteiger partial charge in [0.25, 0.3) is 0 Å². The van der Waals surface area contributed by atoms with Crippen LogP contribution in [0.2, 0.25) is 10.0 Å². The van der Waals surface area contributed by atoms with Gasteiger partial charge in [-0.15, -0.1) is 0 Å². The van der Waals surface area contributed by atoms with E-state index in [1.807, 2.05) is 29.2 Å². The van der Waals surface area contributed by atoms with Crippen molar-refractivity contribution < 1.29 is 9.59 Å². The zero-order valence-electron chi connectivity index (χ0n) is 13.6. The molecule has 3 N–H and O–H groups in total. The van der Waals surface area contributed by atoms with Crippen molar-refractivity contribution in [2.75, 3.05) is 22.1 Å². The third-order valence-electron chi connectivity index (χ3n) is 4.59. The van der Waals surface area contributed by atoms with E-state index in [9.17, 15) is 9.59 Å². The highest BCUT2D eigenvalue weighted by molar-refractivity contribution is 6.42. The van der Waals surface area contributed by atoms with Gasteiger partial charge < -0.3 is 20.9 Å². The molecule has 2 aliphatic heterocycles. The average Bonchev–Trinajstić information content (AvgIpc) is 3.03. The Morgan fingerprint density at radius 3 is 2.77 bits per heavy atom. The lowest BCUT2D eigenvalue weighted by atomic mass is 10.1. The molecule has 2 aromatic carbocycles. The van der Waals surface area contributed by atoms with Crippen LogP contribution < -0.4 is 20.9 Å². The quantitative estimate of drug-likeness (QED) is 0.731. The van der Waals surface area contributed by atoms with Crippen LogP contribution in [0.5, 0.6) is 0 Å². The van der Waals surface area contributed by atoms with Crippen LogP contribution in [0.15, 0.2) is 42.5 Å². The SMILES string of the molecule is O=C(Nc1ccc(Cl)c(Cl)c1)NC1CC2C(=O)Nc3ccccc3N2C1. The maximum atomic E-state index is 12.3. The summed E-state index contributed by atoms with van der Waals surface area (Å²) in [5, 5.41) is 9.38. The van der Waals surface area contributed by atoms with Crippen LogP contribution in [0.3, 0.4) is 0 Å². The highest BCUT2D eigenvalue weighted by atomic mass is 35.5. The van der Waals surface area contributed by atoms with Crippen molar-refractivity contribution in [3.05, 3.63) is 52.5 Å². The Hall–Kier alpha value is -2.44. The number of nitrogens with zero attached hydrogens (tertiary/aromatic N) is 1. The number of rotatable bonds is 2. The van der Waals surface area contributed by atoms with Crippen LogP contribution in [0.1, 0.15) is 6.42 Å². The van der Waals surface area contributed by atoms with Crippen LogP contribution in [-0.2, 0) is 4.79 Å². The number of halogens is 2. The summed E-state index contributed by atoms with van der Waals surface area (Å²) in [6, 6.07) is 11.8. The van der Waals surface area contributed by atoms with Crippen molar-refractivity contribution in [2.24, 2.45) is 0 Å². The van der Waals surface area contributed by atoms with Crippen LogP contribution in [0.25, 0.3) is 0 Å². The number of carbonyl (C=O) groups excluding carboxylic acids is 2. The Morgan fingerprint density at radius 1 is 1.15 bits per heavy atom. The van der Waals surface area contributed by atoms with Crippen molar-refractivity contribution in [1.29, 1.82) is 0 Å². The first-order chi connectivity index (χ1) is 12.5. The van der Waals surface area contributed by atoms with Crippen LogP contribution in [0, 0.1) is 0 Å². The first kappa shape index (κ1) is 17.0. The fourth-order valence-corrected chi connectivity index (χ4v) is 3.73. The van der Waals surface area contributed by atoms with E-state index < -0.39 is 0 Å². The summed E-state index contributed by atoms with van der Waals surface area (Å²) in [6.07, 6.45) is 0.551. The van der Waals surface area contributed by atoms with Crippen molar-refractivity contribution in [1.82, 2.24) is 5.32 Å². The number of carbonyl (C=O) groups is 2. The largest absolute Gasteiger partial charge is 0.356 e. The minimum Gasteiger partial charge on any atom is -0.356 e. The summed E-state index contributed by atoms with van der Waals surface area (Å²) >= 11 is 11.8. The number of fused-ring (bicyclic) bond motifs is 3. The van der Waals surface area contributed by atoms with E-state index >= 15 is 0 Å². The second kappa shape index (κ2) is 6.70. The lowest BCUT2D eigenvalue weighted by Gasteiger charge is -2.32. The van der Waals surface area contributed by atoms with Gasteiger partial charge in [-0.3, -0.25) is 4.79 Å². The lowest BCUT2D eigenvalue weighted by molar-refractivity contribution is -0.117. The molecule has 8 heteroatoms. The molecule has 0 spiro atoms. The second-order valence-corrected chi connectivity index (χ2v) is 7.15. The maximum absolute atomic E-state index is 12.3. The fourth-order valence-electron chi connectivity index (χ4n) is 3.43. The van der Waals surface area contributed by atoms with Gasteiger partial charge in [-0.1, -0.05) is 35.3 Å². The molecule has 0 aliphatic carbocycles. The average molecular weight is 391 g/mol. The lowest BCUT2D eigenvalue weighted by Crippen LogP contribution is -2.44. The van der Waals surface area contributed by atoms with Gasteiger partial charge in [0.2, 0.25) is 5.91 Å². The molecular weight excluding hydrogens is 375 g/mol. The molecule has 1 fully saturated rings. The van der Waals surface area contributed by atoms with Crippen molar-refractivity contribution in [2.45, 2.75) is 18.5 Å². The summed E-state index contributed by atoms with van der Waals surface area (Å²) in [7, 11) is 0. The zero-order chi connectivity index (χ0) is 18.3. The van der Waals surface area contributed by atoms with Gasteiger partial charge in [0.15, 0.2) is 0 Å². The normalized spacial score (nSPS) is 20.8. The van der Waals surface area contributed by atoms with Gasteiger partial charge in [-0.25, -0.2) is 4.79 Å². The molecule has 2 aromatic rings. The summed E-state index contributed by atoms with van der Waals surface area (Å²) in [4.78, 5) is 26.6. The monoisotopic (exact) mass is 390 g/mol.